The fourth-order valence-corrected chi connectivity index (χ4v) is 4.67. The largest absolute Gasteiger partial charge is 0.398 e. The van der Waals surface area contributed by atoms with Crippen LogP contribution in [0.15, 0.2) is 86.8 Å². The molecule has 0 spiro atoms. The number of anilines is 1. The Labute approximate surface area is 221 Å². The van der Waals surface area contributed by atoms with Crippen LogP contribution < -0.4 is 10.7 Å². The molecule has 0 unspecified atom stereocenters. The summed E-state index contributed by atoms with van der Waals surface area (Å²) in [5, 5.41) is 9.83. The van der Waals surface area contributed by atoms with Gasteiger partial charge in [0.25, 0.3) is 11.8 Å². The predicted molar refractivity (Wildman–Crippen MR) is 146 cm³/mol. The van der Waals surface area contributed by atoms with E-state index in [9.17, 15) is 14.4 Å². The van der Waals surface area contributed by atoms with E-state index in [1.165, 1.54) is 25.4 Å². The van der Waals surface area contributed by atoms with E-state index in [4.69, 9.17) is 4.84 Å². The third-order valence-electron chi connectivity index (χ3n) is 5.09. The number of oxime groups is 1. The normalized spacial score (nSPS) is 14.5. The maximum Gasteiger partial charge on any atom is 0.297 e. The minimum atomic E-state index is -0.684. The SMILES string of the molecule is CON=C(C(=O)NN1C(=O)C(=Cc2ccc(SC)cc2)N=C1c1ccccc1)c1csc(NC(C)=O)c1. The molecule has 0 radical (unpaired) electrons. The molecule has 0 fully saturated rings. The molecule has 1 aliphatic heterocycles. The summed E-state index contributed by atoms with van der Waals surface area (Å²) in [5.74, 6) is -1.15. The summed E-state index contributed by atoms with van der Waals surface area (Å²) in [5.41, 5.74) is 4.59. The summed E-state index contributed by atoms with van der Waals surface area (Å²) >= 11 is 2.85. The molecular formula is C26H23N5O4S2. The van der Waals surface area contributed by atoms with Crippen LogP contribution in [-0.2, 0) is 19.2 Å². The maximum atomic E-state index is 13.4. The van der Waals surface area contributed by atoms with Crippen LogP contribution >= 0.6 is 23.1 Å². The molecule has 3 aromatic rings. The minimum absolute atomic E-state index is 0.0688. The van der Waals surface area contributed by atoms with Crippen molar-refractivity contribution in [3.8, 4) is 0 Å². The number of benzene rings is 2. The van der Waals surface area contributed by atoms with E-state index in [-0.39, 0.29) is 23.2 Å². The minimum Gasteiger partial charge on any atom is -0.398 e. The molecular weight excluding hydrogens is 510 g/mol. The molecule has 2 heterocycles. The van der Waals surface area contributed by atoms with Gasteiger partial charge in [0, 0.05) is 28.3 Å². The van der Waals surface area contributed by atoms with Crippen LogP contribution in [0.25, 0.3) is 6.08 Å². The van der Waals surface area contributed by atoms with Crippen molar-refractivity contribution < 1.29 is 19.2 Å². The van der Waals surface area contributed by atoms with E-state index in [0.717, 1.165) is 15.5 Å². The highest BCUT2D eigenvalue weighted by molar-refractivity contribution is 7.98. The van der Waals surface area contributed by atoms with E-state index in [1.54, 1.807) is 41.4 Å². The van der Waals surface area contributed by atoms with Gasteiger partial charge < -0.3 is 10.2 Å². The van der Waals surface area contributed by atoms with Crippen LogP contribution in [0.5, 0.6) is 0 Å². The van der Waals surface area contributed by atoms with Crippen LogP contribution in [0, 0.1) is 0 Å². The molecule has 0 atom stereocenters. The van der Waals surface area contributed by atoms with Crippen LogP contribution in [0.3, 0.4) is 0 Å². The molecule has 0 bridgehead atoms. The zero-order valence-corrected chi connectivity index (χ0v) is 21.9. The second-order valence-electron chi connectivity index (χ2n) is 7.69. The summed E-state index contributed by atoms with van der Waals surface area (Å²) in [6.07, 6.45) is 3.66. The van der Waals surface area contributed by atoms with Crippen molar-refractivity contribution in [2.24, 2.45) is 10.1 Å². The number of hydrazine groups is 1. The molecule has 0 saturated heterocycles. The molecule has 2 aromatic carbocycles. The lowest BCUT2D eigenvalue weighted by molar-refractivity contribution is -0.130. The molecule has 9 nitrogen and oxygen atoms in total. The molecule has 188 valence electrons. The lowest BCUT2D eigenvalue weighted by Gasteiger charge is -2.19. The Morgan fingerprint density at radius 3 is 2.51 bits per heavy atom. The van der Waals surface area contributed by atoms with E-state index in [1.807, 2.05) is 48.7 Å². The zero-order valence-electron chi connectivity index (χ0n) is 20.2. The summed E-state index contributed by atoms with van der Waals surface area (Å²) < 4.78 is 0. The van der Waals surface area contributed by atoms with Gasteiger partial charge in [0.2, 0.25) is 5.91 Å². The molecule has 11 heteroatoms. The molecule has 37 heavy (non-hydrogen) atoms. The van der Waals surface area contributed by atoms with Crippen molar-refractivity contribution in [2.75, 3.05) is 18.7 Å². The van der Waals surface area contributed by atoms with Crippen LogP contribution in [0.2, 0.25) is 0 Å². The van der Waals surface area contributed by atoms with Gasteiger partial charge in [-0.15, -0.1) is 23.1 Å². The highest BCUT2D eigenvalue weighted by Gasteiger charge is 2.34. The molecule has 0 saturated carbocycles. The summed E-state index contributed by atoms with van der Waals surface area (Å²) in [6.45, 7) is 1.39. The first-order valence-corrected chi connectivity index (χ1v) is 13.1. The summed E-state index contributed by atoms with van der Waals surface area (Å²) in [7, 11) is 1.31. The van der Waals surface area contributed by atoms with E-state index in [0.29, 0.717) is 16.1 Å². The Kier molecular flexibility index (Phi) is 8.16. The molecule has 1 aliphatic rings. The third kappa shape index (κ3) is 6.13. The van der Waals surface area contributed by atoms with Gasteiger partial charge in [-0.1, -0.05) is 47.6 Å². The van der Waals surface area contributed by atoms with Crippen molar-refractivity contribution in [2.45, 2.75) is 11.8 Å². The van der Waals surface area contributed by atoms with Gasteiger partial charge in [-0.25, -0.2) is 4.99 Å². The zero-order chi connectivity index (χ0) is 26.4. The van der Waals surface area contributed by atoms with Crippen molar-refractivity contribution in [3.63, 3.8) is 0 Å². The van der Waals surface area contributed by atoms with Gasteiger partial charge in [0.05, 0.1) is 5.00 Å². The second-order valence-corrected chi connectivity index (χ2v) is 9.48. The van der Waals surface area contributed by atoms with Crippen LogP contribution in [0.4, 0.5) is 5.00 Å². The number of aliphatic imine (C=N–C) groups is 1. The van der Waals surface area contributed by atoms with Crippen LogP contribution in [0.1, 0.15) is 23.6 Å². The van der Waals surface area contributed by atoms with E-state index >= 15 is 0 Å². The quantitative estimate of drug-likeness (QED) is 0.196. The van der Waals surface area contributed by atoms with Gasteiger partial charge in [-0.2, -0.15) is 5.01 Å². The monoisotopic (exact) mass is 533 g/mol. The van der Waals surface area contributed by atoms with Crippen molar-refractivity contribution >= 4 is 63.4 Å². The predicted octanol–water partition coefficient (Wildman–Crippen LogP) is 4.14. The van der Waals surface area contributed by atoms with Gasteiger partial charge in [0.15, 0.2) is 11.5 Å². The highest BCUT2D eigenvalue weighted by Crippen LogP contribution is 2.24. The lowest BCUT2D eigenvalue weighted by atomic mass is 10.2. The summed E-state index contributed by atoms with van der Waals surface area (Å²) in [6, 6.07) is 18.4. The number of amidine groups is 1. The second kappa shape index (κ2) is 11.7. The highest BCUT2D eigenvalue weighted by atomic mass is 32.2. The number of nitrogens with zero attached hydrogens (tertiary/aromatic N) is 3. The van der Waals surface area contributed by atoms with Gasteiger partial charge >= 0.3 is 0 Å². The fraction of sp³-hybridized carbons (Fsp3) is 0.115. The van der Waals surface area contributed by atoms with Gasteiger partial charge in [0.1, 0.15) is 12.8 Å². The number of nitrogens with one attached hydrogen (secondary N) is 2. The Bertz CT molecular complexity index is 1410. The van der Waals surface area contributed by atoms with E-state index < -0.39 is 11.8 Å². The average molecular weight is 534 g/mol. The average Bonchev–Trinajstić information content (AvgIpc) is 3.47. The molecule has 4 rings (SSSR count). The Morgan fingerprint density at radius 1 is 1.14 bits per heavy atom. The number of amides is 3. The number of hydrogen-bond acceptors (Lipinski definition) is 8. The Morgan fingerprint density at radius 2 is 1.86 bits per heavy atom. The molecule has 1 aromatic heterocycles. The topological polar surface area (TPSA) is 112 Å². The van der Waals surface area contributed by atoms with Crippen molar-refractivity contribution in [1.29, 1.82) is 0 Å². The van der Waals surface area contributed by atoms with Gasteiger partial charge in [-0.3, -0.25) is 19.8 Å². The number of hydrogen-bond donors (Lipinski definition) is 2. The molecule has 3 amide bonds. The number of carbonyl (C=O) groups excluding carboxylic acids is 3. The third-order valence-corrected chi connectivity index (χ3v) is 6.68. The fourth-order valence-electron chi connectivity index (χ4n) is 3.43. The number of thioether (sulfide) groups is 1. The van der Waals surface area contributed by atoms with Crippen LogP contribution in [-0.4, -0.2) is 47.6 Å². The summed E-state index contributed by atoms with van der Waals surface area (Å²) in [4.78, 5) is 48.6. The van der Waals surface area contributed by atoms with Crippen molar-refractivity contribution in [1.82, 2.24) is 10.4 Å². The van der Waals surface area contributed by atoms with Gasteiger partial charge in [-0.05, 0) is 36.1 Å². The number of rotatable bonds is 8. The Balaban J connectivity index is 1.65. The van der Waals surface area contributed by atoms with E-state index in [2.05, 4.69) is 20.9 Å². The maximum absolute atomic E-state index is 13.4. The molecule has 0 aliphatic carbocycles. The smallest absolute Gasteiger partial charge is 0.297 e. The first-order chi connectivity index (χ1) is 17.9. The molecule has 2 N–H and O–H groups in total. The number of carbonyl (C=O) groups is 3. The standard InChI is InChI=1S/C26H23N5O4S2/c1-16(32)27-22-14-19(15-37-22)23(30-35-2)25(33)29-31-24(18-7-5-4-6-8-18)28-21(26(31)34)13-17-9-11-20(36-3)12-10-17/h4-15H,1-3H3,(H,27,32)(H,29,33). The van der Waals surface area contributed by atoms with Crippen molar-refractivity contribution in [3.05, 3.63) is 88.4 Å². The lowest BCUT2D eigenvalue weighted by Crippen LogP contribution is -2.49. The first-order valence-electron chi connectivity index (χ1n) is 11.0. The number of thiophene rings is 1. The Hall–Kier alpha value is -4.22. The first kappa shape index (κ1) is 25.9.